The third-order valence-corrected chi connectivity index (χ3v) is 4.13. The number of aliphatic imine (C=N–C) groups is 1. The minimum Gasteiger partial charge on any atom is -0.496 e. The summed E-state index contributed by atoms with van der Waals surface area (Å²) in [5.74, 6) is 3.20. The van der Waals surface area contributed by atoms with Gasteiger partial charge in [-0.05, 0) is 23.8 Å². The first-order valence-electron chi connectivity index (χ1n) is 8.75. The zero-order chi connectivity index (χ0) is 18.2. The molecule has 0 saturated heterocycles. The van der Waals surface area contributed by atoms with E-state index in [9.17, 15) is 0 Å². The predicted octanol–water partition coefficient (Wildman–Crippen LogP) is 3.34. The Bertz CT molecular complexity index is 768. The fourth-order valence-corrected chi connectivity index (χ4v) is 2.75. The van der Waals surface area contributed by atoms with Crippen molar-refractivity contribution >= 4 is 29.9 Å². The molecule has 0 atom stereocenters. The van der Waals surface area contributed by atoms with Crippen molar-refractivity contribution in [3.63, 3.8) is 0 Å². The van der Waals surface area contributed by atoms with Gasteiger partial charge in [0.25, 0.3) is 0 Å². The third-order valence-electron chi connectivity index (χ3n) is 4.13. The van der Waals surface area contributed by atoms with E-state index in [1.165, 1.54) is 0 Å². The van der Waals surface area contributed by atoms with Crippen molar-refractivity contribution in [3.8, 4) is 17.2 Å². The van der Waals surface area contributed by atoms with Crippen LogP contribution < -0.4 is 24.8 Å². The molecule has 7 heteroatoms. The first-order chi connectivity index (χ1) is 12.8. The number of para-hydroxylation sites is 1. The highest BCUT2D eigenvalue weighted by atomic mass is 127. The number of nitrogens with zero attached hydrogens (tertiary/aromatic N) is 1. The number of hydrogen-bond donors (Lipinski definition) is 2. The molecule has 0 unspecified atom stereocenters. The van der Waals surface area contributed by atoms with Crippen LogP contribution in [0.1, 0.15) is 17.5 Å². The molecule has 0 fully saturated rings. The maximum absolute atomic E-state index is 5.74. The lowest BCUT2D eigenvalue weighted by molar-refractivity contribution is 0.297. The second kappa shape index (κ2) is 10.9. The molecule has 1 aliphatic rings. The lowest BCUT2D eigenvalue weighted by atomic mass is 10.2. The second-order valence-electron chi connectivity index (χ2n) is 5.92. The van der Waals surface area contributed by atoms with Crippen LogP contribution in [0.25, 0.3) is 0 Å². The van der Waals surface area contributed by atoms with E-state index in [4.69, 9.17) is 14.2 Å². The molecule has 1 aliphatic heterocycles. The zero-order valence-corrected chi connectivity index (χ0v) is 18.0. The first kappa shape index (κ1) is 21.1. The Morgan fingerprint density at radius 3 is 2.56 bits per heavy atom. The Morgan fingerprint density at radius 1 is 1.04 bits per heavy atom. The molecular formula is C20H26IN3O3. The van der Waals surface area contributed by atoms with Crippen LogP contribution in [0, 0.1) is 0 Å². The Labute approximate surface area is 177 Å². The van der Waals surface area contributed by atoms with E-state index in [0.717, 1.165) is 40.8 Å². The zero-order valence-electron chi connectivity index (χ0n) is 15.7. The summed E-state index contributed by atoms with van der Waals surface area (Å²) in [6, 6.07) is 13.9. The Kier molecular flexibility index (Phi) is 8.50. The van der Waals surface area contributed by atoms with Crippen molar-refractivity contribution in [2.24, 2.45) is 4.99 Å². The summed E-state index contributed by atoms with van der Waals surface area (Å²) in [5, 5.41) is 6.62. The van der Waals surface area contributed by atoms with Gasteiger partial charge in [0.15, 0.2) is 17.5 Å². The topological polar surface area (TPSA) is 64.1 Å². The molecule has 27 heavy (non-hydrogen) atoms. The lowest BCUT2D eigenvalue weighted by Gasteiger charge is -2.14. The van der Waals surface area contributed by atoms with Gasteiger partial charge in [0, 0.05) is 32.1 Å². The van der Waals surface area contributed by atoms with Crippen molar-refractivity contribution in [2.45, 2.75) is 19.5 Å². The van der Waals surface area contributed by atoms with Gasteiger partial charge < -0.3 is 24.8 Å². The fourth-order valence-electron chi connectivity index (χ4n) is 2.75. The van der Waals surface area contributed by atoms with Gasteiger partial charge in [0.2, 0.25) is 0 Å². The number of hydrogen-bond acceptors (Lipinski definition) is 4. The monoisotopic (exact) mass is 483 g/mol. The largest absolute Gasteiger partial charge is 0.496 e. The Hall–Kier alpha value is -2.16. The molecule has 0 radical (unpaired) electrons. The smallest absolute Gasteiger partial charge is 0.191 e. The number of nitrogens with one attached hydrogen (secondary N) is 2. The second-order valence-corrected chi connectivity index (χ2v) is 5.92. The molecule has 3 rings (SSSR count). The van der Waals surface area contributed by atoms with Crippen molar-refractivity contribution in [1.82, 2.24) is 10.6 Å². The average Bonchev–Trinajstić information content (AvgIpc) is 2.93. The molecule has 0 saturated carbocycles. The number of guanidine groups is 1. The van der Waals surface area contributed by atoms with Crippen LogP contribution in [0.4, 0.5) is 0 Å². The Morgan fingerprint density at radius 2 is 1.78 bits per heavy atom. The van der Waals surface area contributed by atoms with Gasteiger partial charge in [-0.1, -0.05) is 24.3 Å². The molecule has 1 heterocycles. The normalized spacial score (nSPS) is 13.2. The van der Waals surface area contributed by atoms with E-state index in [1.807, 2.05) is 42.5 Å². The van der Waals surface area contributed by atoms with Crippen LogP contribution in [-0.2, 0) is 13.1 Å². The summed E-state index contributed by atoms with van der Waals surface area (Å²) in [7, 11) is 3.43. The minimum atomic E-state index is 0. The predicted molar refractivity (Wildman–Crippen MR) is 117 cm³/mol. The van der Waals surface area contributed by atoms with E-state index < -0.39 is 0 Å². The summed E-state index contributed by atoms with van der Waals surface area (Å²) in [5.41, 5.74) is 2.18. The van der Waals surface area contributed by atoms with Crippen molar-refractivity contribution in [3.05, 3.63) is 53.6 Å². The maximum Gasteiger partial charge on any atom is 0.191 e. The summed E-state index contributed by atoms with van der Waals surface area (Å²) < 4.78 is 16.8. The van der Waals surface area contributed by atoms with Crippen LogP contribution >= 0.6 is 24.0 Å². The van der Waals surface area contributed by atoms with Gasteiger partial charge in [-0.15, -0.1) is 24.0 Å². The van der Waals surface area contributed by atoms with Crippen LogP contribution in [-0.4, -0.2) is 33.3 Å². The summed E-state index contributed by atoms with van der Waals surface area (Å²) in [4.78, 5) is 4.27. The van der Waals surface area contributed by atoms with E-state index in [1.54, 1.807) is 14.2 Å². The van der Waals surface area contributed by atoms with Gasteiger partial charge in [-0.3, -0.25) is 4.99 Å². The highest BCUT2D eigenvalue weighted by Crippen LogP contribution is 2.30. The fraction of sp³-hybridized carbons (Fsp3) is 0.350. The number of rotatable bonds is 5. The number of methoxy groups -OCH3 is 1. The van der Waals surface area contributed by atoms with Crippen molar-refractivity contribution in [2.75, 3.05) is 27.4 Å². The lowest BCUT2D eigenvalue weighted by Crippen LogP contribution is -2.36. The van der Waals surface area contributed by atoms with Crippen molar-refractivity contribution in [1.29, 1.82) is 0 Å². The number of halogens is 1. The van der Waals surface area contributed by atoms with E-state index in [-0.39, 0.29) is 24.0 Å². The molecule has 0 aliphatic carbocycles. The molecule has 0 amide bonds. The summed E-state index contributed by atoms with van der Waals surface area (Å²) in [6.07, 6.45) is 0.905. The highest BCUT2D eigenvalue weighted by Gasteiger charge is 2.11. The highest BCUT2D eigenvalue weighted by molar-refractivity contribution is 14.0. The van der Waals surface area contributed by atoms with Gasteiger partial charge >= 0.3 is 0 Å². The number of ether oxygens (including phenoxy) is 3. The number of fused-ring (bicyclic) bond motifs is 1. The first-order valence-corrected chi connectivity index (χ1v) is 8.75. The quantitative estimate of drug-likeness (QED) is 0.388. The molecule has 146 valence electrons. The Balaban J connectivity index is 0.00000261. The van der Waals surface area contributed by atoms with Crippen molar-refractivity contribution < 1.29 is 14.2 Å². The molecular weight excluding hydrogens is 457 g/mol. The van der Waals surface area contributed by atoms with Crippen LogP contribution in [0.5, 0.6) is 17.2 Å². The standard InChI is InChI=1S/C20H25N3O3.HI/c1-21-20(23-14-16-6-3-4-7-17(16)24-2)22-13-15-8-9-18-19(12-15)26-11-5-10-25-18;/h3-4,6-9,12H,5,10-11,13-14H2,1-2H3,(H2,21,22,23);1H. The number of benzene rings is 2. The van der Waals surface area contributed by atoms with Gasteiger partial charge in [0.05, 0.1) is 20.3 Å². The SMILES string of the molecule is CN=C(NCc1ccc2c(c1)OCCCO2)NCc1ccccc1OC.I. The van der Waals surface area contributed by atoms with E-state index in [0.29, 0.717) is 26.3 Å². The molecule has 0 aromatic heterocycles. The van der Waals surface area contributed by atoms with Crippen LogP contribution in [0.15, 0.2) is 47.5 Å². The van der Waals surface area contributed by atoms with E-state index in [2.05, 4.69) is 15.6 Å². The molecule has 2 N–H and O–H groups in total. The van der Waals surface area contributed by atoms with Gasteiger partial charge in [0.1, 0.15) is 5.75 Å². The maximum atomic E-state index is 5.74. The van der Waals surface area contributed by atoms with Gasteiger partial charge in [-0.25, -0.2) is 0 Å². The average molecular weight is 483 g/mol. The molecule has 0 spiro atoms. The molecule has 6 nitrogen and oxygen atoms in total. The van der Waals surface area contributed by atoms with Crippen LogP contribution in [0.2, 0.25) is 0 Å². The minimum absolute atomic E-state index is 0. The molecule has 2 aromatic rings. The molecule has 0 bridgehead atoms. The van der Waals surface area contributed by atoms with Gasteiger partial charge in [-0.2, -0.15) is 0 Å². The molecule has 2 aromatic carbocycles. The summed E-state index contributed by atoms with van der Waals surface area (Å²) in [6.45, 7) is 2.66. The summed E-state index contributed by atoms with van der Waals surface area (Å²) >= 11 is 0. The third kappa shape index (κ3) is 5.92. The van der Waals surface area contributed by atoms with Crippen LogP contribution in [0.3, 0.4) is 0 Å². The van der Waals surface area contributed by atoms with E-state index >= 15 is 0 Å².